The molecule has 0 saturated heterocycles. The van der Waals surface area contributed by atoms with Crippen molar-refractivity contribution in [2.45, 2.75) is 6.92 Å². The molecule has 4 N–H and O–H groups in total. The molecule has 6 nitrogen and oxygen atoms in total. The van der Waals surface area contributed by atoms with E-state index in [9.17, 15) is 4.79 Å². The van der Waals surface area contributed by atoms with Gasteiger partial charge in [-0.15, -0.1) is 0 Å². The maximum absolute atomic E-state index is 11.0. The second-order valence-electron chi connectivity index (χ2n) is 3.35. The summed E-state index contributed by atoms with van der Waals surface area (Å²) in [5.74, 6) is 0.349. The van der Waals surface area contributed by atoms with Gasteiger partial charge in [-0.3, -0.25) is 4.79 Å². The van der Waals surface area contributed by atoms with Crippen molar-refractivity contribution < 1.29 is 4.79 Å². The smallest absolute Gasteiger partial charge is 0.252 e. The minimum atomic E-state index is -0.592. The molecule has 0 aromatic carbocycles. The summed E-state index contributed by atoms with van der Waals surface area (Å²) >= 11 is 0. The number of nitrogens with zero attached hydrogens (tertiary/aromatic N) is 3. The molecule has 1 amide bonds. The minimum Gasteiger partial charge on any atom is -0.383 e. The number of imidazole rings is 1. The number of nitrogen functional groups attached to an aromatic ring is 1. The number of aromatic nitrogens is 3. The van der Waals surface area contributed by atoms with E-state index in [-0.39, 0.29) is 11.4 Å². The van der Waals surface area contributed by atoms with Crippen LogP contribution >= 0.6 is 0 Å². The number of fused-ring (bicyclic) bond motifs is 1. The van der Waals surface area contributed by atoms with Gasteiger partial charge in [0.2, 0.25) is 0 Å². The van der Waals surface area contributed by atoms with Gasteiger partial charge in [0.05, 0.1) is 5.56 Å². The lowest BCUT2D eigenvalue weighted by molar-refractivity contribution is 0.100. The van der Waals surface area contributed by atoms with E-state index in [4.69, 9.17) is 11.5 Å². The number of anilines is 1. The van der Waals surface area contributed by atoms with E-state index in [1.807, 2.05) is 14.0 Å². The number of primary amides is 1. The molecular weight excluding hydrogens is 194 g/mol. The third-order valence-corrected chi connectivity index (χ3v) is 2.36. The number of pyridine rings is 1. The van der Waals surface area contributed by atoms with E-state index in [1.165, 1.54) is 0 Å². The summed E-state index contributed by atoms with van der Waals surface area (Å²) in [5, 5.41) is 0. The SMILES string of the molecule is Cc1nc2cc(C(N)=O)c(N)nc2n1C. The summed E-state index contributed by atoms with van der Waals surface area (Å²) in [6.45, 7) is 1.85. The quantitative estimate of drug-likeness (QED) is 0.682. The molecule has 2 rings (SSSR count). The predicted octanol–water partition coefficient (Wildman–Crippen LogP) is -0.0422. The van der Waals surface area contributed by atoms with Crippen LogP contribution in [0.25, 0.3) is 11.2 Å². The van der Waals surface area contributed by atoms with Gasteiger partial charge in [0.15, 0.2) is 5.65 Å². The van der Waals surface area contributed by atoms with Gasteiger partial charge < -0.3 is 16.0 Å². The Bertz CT molecular complexity index is 557. The van der Waals surface area contributed by atoms with Gasteiger partial charge >= 0.3 is 0 Å². The van der Waals surface area contributed by atoms with Crippen LogP contribution in [-0.2, 0) is 7.05 Å². The zero-order valence-electron chi connectivity index (χ0n) is 8.48. The molecular formula is C9H11N5O. The van der Waals surface area contributed by atoms with Crippen LogP contribution in [0.15, 0.2) is 6.07 Å². The molecule has 6 heteroatoms. The Hall–Kier alpha value is -2.11. The van der Waals surface area contributed by atoms with Gasteiger partial charge in [-0.1, -0.05) is 0 Å². The van der Waals surface area contributed by atoms with Crippen molar-refractivity contribution in [2.24, 2.45) is 12.8 Å². The number of amides is 1. The average Bonchev–Trinajstić information content (AvgIpc) is 2.43. The van der Waals surface area contributed by atoms with Gasteiger partial charge in [-0.05, 0) is 13.0 Å². The third-order valence-electron chi connectivity index (χ3n) is 2.36. The first-order chi connectivity index (χ1) is 7.00. The molecule has 0 radical (unpaired) electrons. The highest BCUT2D eigenvalue weighted by molar-refractivity contribution is 5.99. The van der Waals surface area contributed by atoms with E-state index in [1.54, 1.807) is 10.6 Å². The van der Waals surface area contributed by atoms with Crippen LogP contribution in [0.1, 0.15) is 16.2 Å². The maximum Gasteiger partial charge on any atom is 0.252 e. The van der Waals surface area contributed by atoms with E-state index in [0.29, 0.717) is 11.2 Å². The maximum atomic E-state index is 11.0. The Balaban J connectivity index is 2.82. The normalized spacial score (nSPS) is 10.8. The highest BCUT2D eigenvalue weighted by atomic mass is 16.1. The molecule has 0 unspecified atom stereocenters. The van der Waals surface area contributed by atoms with Crippen LogP contribution in [0.2, 0.25) is 0 Å². The van der Waals surface area contributed by atoms with E-state index in [0.717, 1.165) is 5.82 Å². The fourth-order valence-corrected chi connectivity index (χ4v) is 1.44. The van der Waals surface area contributed by atoms with Gasteiger partial charge in [0, 0.05) is 7.05 Å². The summed E-state index contributed by atoms with van der Waals surface area (Å²) in [7, 11) is 1.83. The van der Waals surface area contributed by atoms with Crippen molar-refractivity contribution in [2.75, 3.05) is 5.73 Å². The minimum absolute atomic E-state index is 0.137. The Morgan fingerprint density at radius 1 is 1.47 bits per heavy atom. The standard InChI is InChI=1S/C9H11N5O/c1-4-12-6-3-5(8(11)15)7(10)13-9(6)14(4)2/h3H,1-2H3,(H2,10,13)(H2,11,15). The predicted molar refractivity (Wildman–Crippen MR) is 56.2 cm³/mol. The lowest BCUT2D eigenvalue weighted by Crippen LogP contribution is -2.14. The van der Waals surface area contributed by atoms with Crippen LogP contribution in [0.4, 0.5) is 5.82 Å². The van der Waals surface area contributed by atoms with Crippen molar-refractivity contribution in [3.05, 3.63) is 17.5 Å². The summed E-state index contributed by atoms with van der Waals surface area (Å²) < 4.78 is 1.80. The van der Waals surface area contributed by atoms with Crippen LogP contribution in [-0.4, -0.2) is 20.4 Å². The molecule has 0 aliphatic rings. The van der Waals surface area contributed by atoms with Crippen molar-refractivity contribution >= 4 is 22.9 Å². The molecule has 0 bridgehead atoms. The number of nitrogens with two attached hydrogens (primary N) is 2. The first-order valence-corrected chi connectivity index (χ1v) is 4.40. The Labute approximate surface area is 85.9 Å². The van der Waals surface area contributed by atoms with Crippen molar-refractivity contribution in [3.63, 3.8) is 0 Å². The largest absolute Gasteiger partial charge is 0.383 e. The van der Waals surface area contributed by atoms with Crippen molar-refractivity contribution in [1.29, 1.82) is 0 Å². The molecule has 2 heterocycles. The number of carbonyl (C=O) groups is 1. The molecule has 0 saturated carbocycles. The van der Waals surface area contributed by atoms with Crippen LogP contribution in [0.3, 0.4) is 0 Å². The summed E-state index contributed by atoms with van der Waals surface area (Å²) in [6, 6.07) is 1.56. The molecule has 15 heavy (non-hydrogen) atoms. The van der Waals surface area contributed by atoms with Gasteiger partial charge in [-0.2, -0.15) is 0 Å². The zero-order chi connectivity index (χ0) is 11.2. The molecule has 0 fully saturated rings. The summed E-state index contributed by atoms with van der Waals surface area (Å²) in [4.78, 5) is 19.4. The Morgan fingerprint density at radius 3 is 2.73 bits per heavy atom. The molecule has 0 atom stereocenters. The van der Waals surface area contributed by atoms with Crippen LogP contribution in [0, 0.1) is 6.92 Å². The second kappa shape index (κ2) is 2.94. The highest BCUT2D eigenvalue weighted by Crippen LogP contribution is 2.17. The first kappa shape index (κ1) is 9.45. The molecule has 78 valence electrons. The lowest BCUT2D eigenvalue weighted by Gasteiger charge is -2.01. The number of rotatable bonds is 1. The average molecular weight is 205 g/mol. The van der Waals surface area contributed by atoms with Crippen LogP contribution in [0.5, 0.6) is 0 Å². The van der Waals surface area contributed by atoms with E-state index >= 15 is 0 Å². The lowest BCUT2D eigenvalue weighted by atomic mass is 10.2. The topological polar surface area (TPSA) is 99.8 Å². The van der Waals surface area contributed by atoms with Gasteiger partial charge in [0.1, 0.15) is 17.2 Å². The van der Waals surface area contributed by atoms with E-state index in [2.05, 4.69) is 9.97 Å². The highest BCUT2D eigenvalue weighted by Gasteiger charge is 2.12. The summed E-state index contributed by atoms with van der Waals surface area (Å²) in [6.07, 6.45) is 0. The molecule has 0 spiro atoms. The summed E-state index contributed by atoms with van der Waals surface area (Å²) in [5.41, 5.74) is 12.2. The first-order valence-electron chi connectivity index (χ1n) is 4.40. The van der Waals surface area contributed by atoms with Crippen LogP contribution < -0.4 is 11.5 Å². The zero-order valence-corrected chi connectivity index (χ0v) is 8.48. The number of carbonyl (C=O) groups excluding carboxylic acids is 1. The molecule has 0 aliphatic carbocycles. The third kappa shape index (κ3) is 1.30. The fraction of sp³-hybridized carbons (Fsp3) is 0.222. The Morgan fingerprint density at radius 2 is 2.13 bits per heavy atom. The number of hydrogen-bond donors (Lipinski definition) is 2. The monoisotopic (exact) mass is 205 g/mol. The van der Waals surface area contributed by atoms with Gasteiger partial charge in [0.25, 0.3) is 5.91 Å². The molecule has 2 aromatic heterocycles. The van der Waals surface area contributed by atoms with E-state index < -0.39 is 5.91 Å². The van der Waals surface area contributed by atoms with Gasteiger partial charge in [-0.25, -0.2) is 9.97 Å². The molecule has 2 aromatic rings. The van der Waals surface area contributed by atoms with Crippen molar-refractivity contribution in [3.8, 4) is 0 Å². The number of aryl methyl sites for hydroxylation is 2. The fourth-order valence-electron chi connectivity index (χ4n) is 1.44. The molecule has 0 aliphatic heterocycles. The Kier molecular flexibility index (Phi) is 1.85. The van der Waals surface area contributed by atoms with Crippen molar-refractivity contribution in [1.82, 2.24) is 14.5 Å². The second-order valence-corrected chi connectivity index (χ2v) is 3.35. The number of hydrogen-bond acceptors (Lipinski definition) is 4.